The third-order valence-corrected chi connectivity index (χ3v) is 3.30. The summed E-state index contributed by atoms with van der Waals surface area (Å²) >= 11 is 0. The van der Waals surface area contributed by atoms with E-state index in [1.165, 1.54) is 0 Å². The second kappa shape index (κ2) is 4.34. The average Bonchev–Trinajstić information content (AvgIpc) is 3.08. The van der Waals surface area contributed by atoms with E-state index >= 15 is 0 Å². The summed E-state index contributed by atoms with van der Waals surface area (Å²) in [4.78, 5) is 0. The van der Waals surface area contributed by atoms with Crippen molar-refractivity contribution in [3.63, 3.8) is 0 Å². The lowest BCUT2D eigenvalue weighted by Crippen LogP contribution is -2.04. The van der Waals surface area contributed by atoms with E-state index in [0.717, 1.165) is 23.5 Å². The first kappa shape index (κ1) is 11.3. The van der Waals surface area contributed by atoms with Crippen molar-refractivity contribution in [1.82, 2.24) is 0 Å². The number of rotatable bonds is 4. The third-order valence-electron chi connectivity index (χ3n) is 3.30. The Labute approximate surface area is 96.0 Å². The minimum Gasteiger partial charge on any atom is -0.497 e. The molecule has 0 amide bonds. The molecule has 1 N–H and O–H groups in total. The molecular weight excluding hydrogens is 204 g/mol. The number of aliphatic hydroxyl groups is 1. The zero-order valence-electron chi connectivity index (χ0n) is 9.93. The fourth-order valence-electron chi connectivity index (χ4n) is 2.23. The predicted molar refractivity (Wildman–Crippen MR) is 62.1 cm³/mol. The summed E-state index contributed by atoms with van der Waals surface area (Å²) < 4.78 is 10.5. The van der Waals surface area contributed by atoms with E-state index in [1.807, 2.05) is 25.1 Å². The number of hydrogen-bond donors (Lipinski definition) is 1. The van der Waals surface area contributed by atoms with E-state index in [0.29, 0.717) is 11.8 Å². The van der Waals surface area contributed by atoms with Crippen molar-refractivity contribution in [2.75, 3.05) is 14.2 Å². The van der Waals surface area contributed by atoms with Crippen LogP contribution < -0.4 is 9.47 Å². The van der Waals surface area contributed by atoms with Gasteiger partial charge in [-0.1, -0.05) is 0 Å². The fourth-order valence-corrected chi connectivity index (χ4v) is 2.23. The van der Waals surface area contributed by atoms with Gasteiger partial charge in [0.05, 0.1) is 20.3 Å². The van der Waals surface area contributed by atoms with Gasteiger partial charge in [-0.15, -0.1) is 0 Å². The van der Waals surface area contributed by atoms with Gasteiger partial charge in [-0.2, -0.15) is 0 Å². The molecule has 0 aromatic heterocycles. The molecule has 1 fully saturated rings. The molecule has 0 radical (unpaired) electrons. The van der Waals surface area contributed by atoms with Gasteiger partial charge in [-0.25, -0.2) is 0 Å². The molecule has 0 aliphatic heterocycles. The zero-order valence-corrected chi connectivity index (χ0v) is 9.93. The first-order valence-corrected chi connectivity index (χ1v) is 5.57. The van der Waals surface area contributed by atoms with Crippen molar-refractivity contribution >= 4 is 0 Å². The first-order valence-electron chi connectivity index (χ1n) is 5.57. The van der Waals surface area contributed by atoms with E-state index in [2.05, 4.69) is 0 Å². The van der Waals surface area contributed by atoms with Crippen molar-refractivity contribution < 1.29 is 14.6 Å². The van der Waals surface area contributed by atoms with Crippen LogP contribution in [0.15, 0.2) is 18.2 Å². The maximum atomic E-state index is 9.54. The van der Waals surface area contributed by atoms with Gasteiger partial charge < -0.3 is 14.6 Å². The molecule has 0 heterocycles. The van der Waals surface area contributed by atoms with Crippen LogP contribution in [-0.2, 0) is 0 Å². The van der Waals surface area contributed by atoms with E-state index in [4.69, 9.17) is 9.47 Å². The molecule has 0 bridgehead atoms. The molecule has 3 nitrogen and oxygen atoms in total. The SMILES string of the molecule is COc1ccc(OC)c([C@H]2C[C@@H]2[C@@H](C)O)c1. The third kappa shape index (κ3) is 2.00. The van der Waals surface area contributed by atoms with Crippen LogP contribution in [0.25, 0.3) is 0 Å². The van der Waals surface area contributed by atoms with E-state index < -0.39 is 0 Å². The topological polar surface area (TPSA) is 38.7 Å². The number of methoxy groups -OCH3 is 2. The second-order valence-electron chi connectivity index (χ2n) is 4.35. The number of ether oxygens (including phenoxy) is 2. The normalized spacial score (nSPS) is 25.0. The summed E-state index contributed by atoms with van der Waals surface area (Å²) in [5.74, 6) is 2.49. The smallest absolute Gasteiger partial charge is 0.122 e. The van der Waals surface area contributed by atoms with Crippen LogP contribution in [0.1, 0.15) is 24.8 Å². The number of aliphatic hydroxyl groups excluding tert-OH is 1. The Kier molecular flexibility index (Phi) is 3.06. The molecule has 1 aliphatic carbocycles. The molecule has 3 heteroatoms. The maximum Gasteiger partial charge on any atom is 0.122 e. The highest BCUT2D eigenvalue weighted by atomic mass is 16.5. The van der Waals surface area contributed by atoms with Crippen molar-refractivity contribution in [3.8, 4) is 11.5 Å². The zero-order chi connectivity index (χ0) is 11.7. The maximum absolute atomic E-state index is 9.54. The largest absolute Gasteiger partial charge is 0.497 e. The molecule has 2 rings (SSSR count). The monoisotopic (exact) mass is 222 g/mol. The molecule has 1 saturated carbocycles. The van der Waals surface area contributed by atoms with E-state index in [1.54, 1.807) is 14.2 Å². The van der Waals surface area contributed by atoms with Gasteiger partial charge in [0.1, 0.15) is 11.5 Å². The fraction of sp³-hybridized carbons (Fsp3) is 0.538. The summed E-state index contributed by atoms with van der Waals surface area (Å²) in [6, 6.07) is 5.82. The number of hydrogen-bond acceptors (Lipinski definition) is 3. The first-order chi connectivity index (χ1) is 7.67. The second-order valence-corrected chi connectivity index (χ2v) is 4.35. The standard InChI is InChI=1S/C13H18O3/c1-8(14)10-7-11(10)12-6-9(15-2)4-5-13(12)16-3/h4-6,8,10-11,14H,7H2,1-3H3/t8-,10-,11+/m1/s1. The van der Waals surface area contributed by atoms with Crippen LogP contribution in [0.4, 0.5) is 0 Å². The minimum atomic E-state index is -0.249. The van der Waals surface area contributed by atoms with Crippen LogP contribution in [0.5, 0.6) is 11.5 Å². The van der Waals surface area contributed by atoms with E-state index in [9.17, 15) is 5.11 Å². The Hall–Kier alpha value is -1.22. The Morgan fingerprint density at radius 2 is 2.06 bits per heavy atom. The van der Waals surface area contributed by atoms with Gasteiger partial charge in [-0.05, 0) is 43.4 Å². The van der Waals surface area contributed by atoms with Crippen molar-refractivity contribution in [2.24, 2.45) is 5.92 Å². The summed E-state index contributed by atoms with van der Waals surface area (Å²) in [5, 5.41) is 9.54. The van der Waals surface area contributed by atoms with Crippen LogP contribution in [0, 0.1) is 5.92 Å². The molecule has 3 atom stereocenters. The van der Waals surface area contributed by atoms with Crippen molar-refractivity contribution in [2.45, 2.75) is 25.4 Å². The van der Waals surface area contributed by atoms with Gasteiger partial charge in [0.2, 0.25) is 0 Å². The average molecular weight is 222 g/mol. The Bertz CT molecular complexity index is 373. The van der Waals surface area contributed by atoms with E-state index in [-0.39, 0.29) is 6.10 Å². The lowest BCUT2D eigenvalue weighted by atomic mass is 10.1. The Morgan fingerprint density at radius 3 is 2.56 bits per heavy atom. The quantitative estimate of drug-likeness (QED) is 0.848. The van der Waals surface area contributed by atoms with Crippen LogP contribution in [-0.4, -0.2) is 25.4 Å². The summed E-state index contributed by atoms with van der Waals surface area (Å²) in [6.07, 6.45) is 0.780. The van der Waals surface area contributed by atoms with Gasteiger partial charge in [0.15, 0.2) is 0 Å². The highest BCUT2D eigenvalue weighted by molar-refractivity contribution is 5.45. The van der Waals surface area contributed by atoms with Gasteiger partial charge >= 0.3 is 0 Å². The van der Waals surface area contributed by atoms with Crippen molar-refractivity contribution in [1.29, 1.82) is 0 Å². The van der Waals surface area contributed by atoms with Crippen LogP contribution >= 0.6 is 0 Å². The molecular formula is C13H18O3. The van der Waals surface area contributed by atoms with Crippen molar-refractivity contribution in [3.05, 3.63) is 23.8 Å². The minimum absolute atomic E-state index is 0.249. The molecule has 1 aliphatic rings. The van der Waals surface area contributed by atoms with Gasteiger partial charge in [0, 0.05) is 5.56 Å². The van der Waals surface area contributed by atoms with Gasteiger partial charge in [0.25, 0.3) is 0 Å². The summed E-state index contributed by atoms with van der Waals surface area (Å²) in [6.45, 7) is 1.84. The molecule has 0 saturated heterocycles. The molecule has 88 valence electrons. The summed E-state index contributed by atoms with van der Waals surface area (Å²) in [7, 11) is 3.33. The Morgan fingerprint density at radius 1 is 1.31 bits per heavy atom. The highest BCUT2D eigenvalue weighted by Crippen LogP contribution is 2.52. The molecule has 1 aromatic rings. The molecule has 0 unspecified atom stereocenters. The van der Waals surface area contributed by atoms with Gasteiger partial charge in [-0.3, -0.25) is 0 Å². The summed E-state index contributed by atoms with van der Waals surface area (Å²) in [5.41, 5.74) is 1.15. The molecule has 1 aromatic carbocycles. The lowest BCUT2D eigenvalue weighted by molar-refractivity contribution is 0.168. The molecule has 16 heavy (non-hydrogen) atoms. The molecule has 0 spiro atoms. The highest BCUT2D eigenvalue weighted by Gasteiger charge is 2.43. The lowest BCUT2D eigenvalue weighted by Gasteiger charge is -2.11. The number of benzene rings is 1. The predicted octanol–water partition coefficient (Wildman–Crippen LogP) is 2.19. The van der Waals surface area contributed by atoms with Crippen LogP contribution in [0.3, 0.4) is 0 Å². The van der Waals surface area contributed by atoms with Crippen LogP contribution in [0.2, 0.25) is 0 Å². The Balaban J connectivity index is 2.25.